The van der Waals surface area contributed by atoms with E-state index in [4.69, 9.17) is 16.9 Å². The lowest BCUT2D eigenvalue weighted by Crippen LogP contribution is -2.39. The van der Waals surface area contributed by atoms with Crippen molar-refractivity contribution in [3.63, 3.8) is 0 Å². The molecule has 0 saturated carbocycles. The summed E-state index contributed by atoms with van der Waals surface area (Å²) in [5.74, 6) is -2.32. The van der Waals surface area contributed by atoms with E-state index in [1.807, 2.05) is 0 Å². The molecule has 110 valence electrons. The topological polar surface area (TPSA) is 64.9 Å². The van der Waals surface area contributed by atoms with Crippen molar-refractivity contribution < 1.29 is 13.6 Å². The van der Waals surface area contributed by atoms with Crippen molar-refractivity contribution in [2.75, 3.05) is 5.32 Å². The predicted octanol–water partition coefficient (Wildman–Crippen LogP) is 3.34. The van der Waals surface area contributed by atoms with Crippen LogP contribution in [0.3, 0.4) is 0 Å². The molecule has 4 nitrogen and oxygen atoms in total. The lowest BCUT2D eigenvalue weighted by atomic mass is 10.0. The van der Waals surface area contributed by atoms with E-state index in [1.54, 1.807) is 18.2 Å². The van der Waals surface area contributed by atoms with Crippen molar-refractivity contribution in [1.82, 2.24) is 5.32 Å². The van der Waals surface area contributed by atoms with E-state index in [1.165, 1.54) is 6.07 Å². The van der Waals surface area contributed by atoms with Gasteiger partial charge in [0.05, 0.1) is 22.8 Å². The number of hydrogen-bond acceptors (Lipinski definition) is 3. The highest BCUT2D eigenvalue weighted by molar-refractivity contribution is 6.31. The molecule has 1 heterocycles. The number of rotatable bonds is 1. The lowest BCUT2D eigenvalue weighted by molar-refractivity contribution is 0.0934. The fourth-order valence-corrected chi connectivity index (χ4v) is 2.47. The van der Waals surface area contributed by atoms with E-state index in [0.29, 0.717) is 16.3 Å². The molecule has 0 fully saturated rings. The molecule has 0 radical (unpaired) electrons. The zero-order valence-corrected chi connectivity index (χ0v) is 11.7. The maximum absolute atomic E-state index is 14.0. The fraction of sp³-hybridized carbons (Fsp3) is 0.0667. The van der Waals surface area contributed by atoms with Crippen LogP contribution in [0.15, 0.2) is 30.3 Å². The predicted molar refractivity (Wildman–Crippen MR) is 76.4 cm³/mol. The third-order valence-corrected chi connectivity index (χ3v) is 3.53. The van der Waals surface area contributed by atoms with Gasteiger partial charge in [0, 0.05) is 10.7 Å². The summed E-state index contributed by atoms with van der Waals surface area (Å²) in [6.45, 7) is 0. The molecule has 3 rings (SSSR count). The van der Waals surface area contributed by atoms with Crippen molar-refractivity contribution in [1.29, 1.82) is 5.26 Å². The van der Waals surface area contributed by atoms with Crippen LogP contribution in [0, 0.1) is 23.0 Å². The molecular weight excluding hydrogens is 312 g/mol. The largest absolute Gasteiger partial charge is 0.361 e. The van der Waals surface area contributed by atoms with Crippen LogP contribution in [0.2, 0.25) is 5.02 Å². The van der Waals surface area contributed by atoms with Crippen molar-refractivity contribution in [2.45, 2.75) is 6.17 Å². The lowest BCUT2D eigenvalue weighted by Gasteiger charge is -2.28. The smallest absolute Gasteiger partial charge is 0.255 e. The van der Waals surface area contributed by atoms with Gasteiger partial charge in [0.1, 0.15) is 17.8 Å². The molecule has 0 spiro atoms. The van der Waals surface area contributed by atoms with Gasteiger partial charge < -0.3 is 10.6 Å². The first-order valence-corrected chi connectivity index (χ1v) is 6.63. The van der Waals surface area contributed by atoms with E-state index in [0.717, 1.165) is 12.1 Å². The van der Waals surface area contributed by atoms with Crippen LogP contribution in [0.4, 0.5) is 14.5 Å². The van der Waals surface area contributed by atoms with Crippen molar-refractivity contribution >= 4 is 23.2 Å². The summed E-state index contributed by atoms with van der Waals surface area (Å²) in [6.07, 6.45) is -1.08. The van der Waals surface area contributed by atoms with Crippen LogP contribution >= 0.6 is 11.6 Å². The summed E-state index contributed by atoms with van der Waals surface area (Å²) in [7, 11) is 0. The van der Waals surface area contributed by atoms with Gasteiger partial charge in [-0.05, 0) is 30.3 Å². The molecule has 2 N–H and O–H groups in total. The zero-order valence-electron chi connectivity index (χ0n) is 11.0. The summed E-state index contributed by atoms with van der Waals surface area (Å²) < 4.78 is 28.1. The number of anilines is 1. The minimum Gasteiger partial charge on any atom is -0.361 e. The van der Waals surface area contributed by atoms with E-state index < -0.39 is 23.7 Å². The molecule has 1 atom stereocenters. The highest BCUT2D eigenvalue weighted by Gasteiger charge is 2.29. The number of nitrogens with one attached hydrogen (secondary N) is 2. The van der Waals surface area contributed by atoms with Gasteiger partial charge in [0.25, 0.3) is 5.91 Å². The summed E-state index contributed by atoms with van der Waals surface area (Å²) in [5.41, 5.74) is 0.223. The Morgan fingerprint density at radius 3 is 2.45 bits per heavy atom. The number of nitriles is 1. The quantitative estimate of drug-likeness (QED) is 0.847. The average molecular weight is 320 g/mol. The Hall–Kier alpha value is -2.65. The van der Waals surface area contributed by atoms with Gasteiger partial charge in [0.15, 0.2) is 0 Å². The van der Waals surface area contributed by atoms with E-state index in [2.05, 4.69) is 10.6 Å². The Kier molecular flexibility index (Phi) is 3.43. The molecule has 0 bridgehead atoms. The first kappa shape index (κ1) is 14.3. The number of carbonyl (C=O) groups is 1. The van der Waals surface area contributed by atoms with Gasteiger partial charge in [-0.25, -0.2) is 8.78 Å². The Bertz CT molecular complexity index is 809. The zero-order chi connectivity index (χ0) is 15.9. The second-order valence-electron chi connectivity index (χ2n) is 4.71. The normalized spacial score (nSPS) is 16.3. The molecule has 0 aliphatic carbocycles. The minimum atomic E-state index is -1.08. The monoisotopic (exact) mass is 319 g/mol. The summed E-state index contributed by atoms with van der Waals surface area (Å²) in [6, 6.07) is 8.09. The number of benzene rings is 2. The van der Waals surface area contributed by atoms with Gasteiger partial charge in [-0.15, -0.1) is 0 Å². The van der Waals surface area contributed by atoms with Crippen molar-refractivity contribution in [3.05, 3.63) is 63.7 Å². The van der Waals surface area contributed by atoms with Gasteiger partial charge in [0.2, 0.25) is 0 Å². The molecule has 1 aliphatic heterocycles. The number of fused-ring (bicyclic) bond motifs is 1. The molecule has 2 aromatic carbocycles. The Labute approximate surface area is 129 Å². The fourth-order valence-electron chi connectivity index (χ4n) is 2.30. The number of amides is 1. The molecule has 0 aromatic heterocycles. The van der Waals surface area contributed by atoms with E-state index in [-0.39, 0.29) is 11.1 Å². The molecule has 2 aromatic rings. The highest BCUT2D eigenvalue weighted by atomic mass is 35.5. The Morgan fingerprint density at radius 2 is 1.82 bits per heavy atom. The summed E-state index contributed by atoms with van der Waals surface area (Å²) in [4.78, 5) is 12.1. The molecule has 1 aliphatic rings. The van der Waals surface area contributed by atoms with Gasteiger partial charge >= 0.3 is 0 Å². The van der Waals surface area contributed by atoms with Gasteiger partial charge in [-0.2, -0.15) is 5.26 Å². The Morgan fingerprint density at radius 1 is 1.14 bits per heavy atom. The first-order chi connectivity index (χ1) is 10.5. The molecule has 1 amide bonds. The van der Waals surface area contributed by atoms with Crippen LogP contribution < -0.4 is 10.6 Å². The molecular formula is C15H8ClF2N3O. The minimum absolute atomic E-state index is 0.131. The van der Waals surface area contributed by atoms with Crippen LogP contribution in [0.25, 0.3) is 0 Å². The summed E-state index contributed by atoms with van der Waals surface area (Å²) in [5, 5.41) is 14.4. The average Bonchev–Trinajstić information content (AvgIpc) is 2.47. The second-order valence-corrected chi connectivity index (χ2v) is 5.14. The Balaban J connectivity index is 2.04. The summed E-state index contributed by atoms with van der Waals surface area (Å²) >= 11 is 5.82. The number of halogens is 3. The third-order valence-electron chi connectivity index (χ3n) is 3.30. The van der Waals surface area contributed by atoms with Gasteiger partial charge in [-0.1, -0.05) is 11.6 Å². The van der Waals surface area contributed by atoms with Crippen molar-refractivity contribution in [3.8, 4) is 6.07 Å². The molecule has 1 unspecified atom stereocenters. The second kappa shape index (κ2) is 5.28. The molecule has 7 heteroatoms. The van der Waals surface area contributed by atoms with Crippen LogP contribution in [0.5, 0.6) is 0 Å². The SMILES string of the molecule is N#Cc1cc(F)c(C2NC(=O)c3cc(Cl)ccc3N2)c(F)c1. The van der Waals surface area contributed by atoms with Gasteiger partial charge in [-0.3, -0.25) is 4.79 Å². The maximum atomic E-state index is 14.0. The standard InChI is InChI=1S/C15H8ClF2N3O/c16-8-1-2-12-9(5-8)15(22)21-14(20-12)13-10(17)3-7(6-19)4-11(13)18/h1-5,14,20H,(H,21,22). The molecule has 22 heavy (non-hydrogen) atoms. The van der Waals surface area contributed by atoms with Crippen molar-refractivity contribution in [2.24, 2.45) is 0 Å². The maximum Gasteiger partial charge on any atom is 0.255 e. The van der Waals surface area contributed by atoms with E-state index in [9.17, 15) is 13.6 Å². The van der Waals surface area contributed by atoms with Crippen LogP contribution in [0.1, 0.15) is 27.7 Å². The number of nitrogens with zero attached hydrogens (tertiary/aromatic N) is 1. The third kappa shape index (κ3) is 2.36. The highest BCUT2D eigenvalue weighted by Crippen LogP contribution is 2.31. The number of hydrogen-bond donors (Lipinski definition) is 2. The van der Waals surface area contributed by atoms with Crippen LogP contribution in [-0.4, -0.2) is 5.91 Å². The number of carbonyl (C=O) groups excluding carboxylic acids is 1. The van der Waals surface area contributed by atoms with Crippen LogP contribution in [-0.2, 0) is 0 Å². The first-order valence-electron chi connectivity index (χ1n) is 6.25. The van der Waals surface area contributed by atoms with E-state index >= 15 is 0 Å². The molecule has 0 saturated heterocycles.